The zero-order valence-electron chi connectivity index (χ0n) is 16.3. The summed E-state index contributed by atoms with van der Waals surface area (Å²) in [6.45, 7) is 6.37. The quantitative estimate of drug-likeness (QED) is 0.227. The number of furan rings is 1. The number of ether oxygens (including phenoxy) is 1. The number of nitrogens with one attached hydrogen (secondary N) is 2. The van der Waals surface area contributed by atoms with Gasteiger partial charge in [0.2, 0.25) is 0 Å². The Bertz CT molecular complexity index is 676. The molecule has 3 rings (SSSR count). The lowest BCUT2D eigenvalue weighted by molar-refractivity contribution is 0.186. The summed E-state index contributed by atoms with van der Waals surface area (Å²) >= 11 is 1.85. The van der Waals surface area contributed by atoms with Gasteiger partial charge in [0.05, 0.1) is 19.4 Å². The molecule has 1 aromatic carbocycles. The maximum Gasteiger partial charge on any atom is 0.191 e. The first kappa shape index (κ1) is 23.1. The number of halogens is 1. The van der Waals surface area contributed by atoms with Gasteiger partial charge in [-0.05, 0) is 30.7 Å². The number of hydrogen-bond donors (Lipinski definition) is 2. The van der Waals surface area contributed by atoms with E-state index in [2.05, 4.69) is 41.8 Å². The van der Waals surface area contributed by atoms with Gasteiger partial charge in [0.25, 0.3) is 0 Å². The van der Waals surface area contributed by atoms with Crippen LogP contribution < -0.4 is 10.6 Å². The van der Waals surface area contributed by atoms with E-state index in [0.29, 0.717) is 11.2 Å². The van der Waals surface area contributed by atoms with Crippen molar-refractivity contribution < 1.29 is 9.15 Å². The van der Waals surface area contributed by atoms with Crippen molar-refractivity contribution in [2.45, 2.75) is 29.9 Å². The van der Waals surface area contributed by atoms with Crippen LogP contribution in [0.5, 0.6) is 0 Å². The molecule has 1 saturated heterocycles. The third-order valence-electron chi connectivity index (χ3n) is 4.41. The molecular weight excluding hydrogens is 485 g/mol. The van der Waals surface area contributed by atoms with Crippen LogP contribution in [0.25, 0.3) is 0 Å². The minimum absolute atomic E-state index is 0. The zero-order chi connectivity index (χ0) is 18.7. The molecule has 2 heterocycles. The van der Waals surface area contributed by atoms with Crippen molar-refractivity contribution in [1.82, 2.24) is 10.6 Å². The smallest absolute Gasteiger partial charge is 0.191 e. The molecule has 0 amide bonds. The lowest BCUT2D eigenvalue weighted by atomic mass is 10.1. The fraction of sp³-hybridized carbons (Fsp3) is 0.476. The summed E-state index contributed by atoms with van der Waals surface area (Å²) in [6, 6.07) is 14.4. The molecule has 1 fully saturated rings. The minimum atomic E-state index is 0. The fourth-order valence-electron chi connectivity index (χ4n) is 2.91. The van der Waals surface area contributed by atoms with Crippen LogP contribution in [0.15, 0.2) is 63.0 Å². The number of hydrogen-bond acceptors (Lipinski definition) is 4. The highest BCUT2D eigenvalue weighted by Crippen LogP contribution is 2.22. The Kier molecular flexibility index (Phi) is 10.8. The second-order valence-electron chi connectivity index (χ2n) is 6.80. The highest BCUT2D eigenvalue weighted by Gasteiger charge is 2.16. The van der Waals surface area contributed by atoms with Gasteiger partial charge in [0, 0.05) is 42.2 Å². The van der Waals surface area contributed by atoms with Crippen LogP contribution >= 0.6 is 35.7 Å². The van der Waals surface area contributed by atoms with Gasteiger partial charge in [-0.25, -0.2) is 0 Å². The first-order valence-electron chi connectivity index (χ1n) is 9.63. The third-order valence-corrected chi connectivity index (χ3v) is 5.51. The molecular formula is C21H30IN3O2S. The summed E-state index contributed by atoms with van der Waals surface area (Å²) in [5.41, 5.74) is 0. The van der Waals surface area contributed by atoms with Crippen LogP contribution in [0.3, 0.4) is 0 Å². The lowest BCUT2D eigenvalue weighted by Crippen LogP contribution is -2.41. The van der Waals surface area contributed by atoms with Gasteiger partial charge < -0.3 is 19.8 Å². The first-order chi connectivity index (χ1) is 13.3. The monoisotopic (exact) mass is 515 g/mol. The van der Waals surface area contributed by atoms with Crippen molar-refractivity contribution >= 4 is 41.7 Å². The highest BCUT2D eigenvalue weighted by atomic mass is 127. The Morgan fingerprint density at radius 1 is 1.21 bits per heavy atom. The van der Waals surface area contributed by atoms with Crippen LogP contribution in [0.2, 0.25) is 0 Å². The van der Waals surface area contributed by atoms with Crippen LogP contribution in [-0.2, 0) is 11.2 Å². The van der Waals surface area contributed by atoms with Crippen molar-refractivity contribution in [3.8, 4) is 0 Å². The van der Waals surface area contributed by atoms with E-state index in [9.17, 15) is 0 Å². The van der Waals surface area contributed by atoms with Gasteiger partial charge in [-0.3, -0.25) is 4.99 Å². The number of benzene rings is 1. The van der Waals surface area contributed by atoms with Crippen LogP contribution in [-0.4, -0.2) is 44.1 Å². The molecule has 2 unspecified atom stereocenters. The lowest BCUT2D eigenvalue weighted by Gasteiger charge is -2.16. The molecule has 28 heavy (non-hydrogen) atoms. The molecule has 5 nitrogen and oxygen atoms in total. The Balaban J connectivity index is 0.00000280. The van der Waals surface area contributed by atoms with Gasteiger partial charge >= 0.3 is 0 Å². The maximum atomic E-state index is 5.47. The Hall–Kier alpha value is -1.19. The van der Waals surface area contributed by atoms with Crippen LogP contribution in [0.4, 0.5) is 0 Å². The molecule has 2 N–H and O–H groups in total. The average molecular weight is 515 g/mol. The number of guanidine groups is 1. The highest BCUT2D eigenvalue weighted by molar-refractivity contribution is 14.0. The Morgan fingerprint density at radius 3 is 2.79 bits per heavy atom. The Labute approximate surface area is 189 Å². The van der Waals surface area contributed by atoms with E-state index < -0.39 is 0 Å². The van der Waals surface area contributed by atoms with Crippen molar-refractivity contribution in [3.63, 3.8) is 0 Å². The predicted molar refractivity (Wildman–Crippen MR) is 127 cm³/mol. The molecule has 0 radical (unpaired) electrons. The maximum absolute atomic E-state index is 5.47. The number of aliphatic imine (C=N–C) groups is 1. The van der Waals surface area contributed by atoms with Gasteiger partial charge in [-0.2, -0.15) is 0 Å². The summed E-state index contributed by atoms with van der Waals surface area (Å²) in [7, 11) is 0. The molecule has 2 aromatic rings. The summed E-state index contributed by atoms with van der Waals surface area (Å²) in [6.07, 6.45) is 3.67. The summed E-state index contributed by atoms with van der Waals surface area (Å²) in [5.74, 6) is 2.42. The topological polar surface area (TPSA) is 58.8 Å². The largest absolute Gasteiger partial charge is 0.469 e. The van der Waals surface area contributed by atoms with Gasteiger partial charge in [-0.15, -0.1) is 35.7 Å². The molecule has 1 aliphatic heterocycles. The van der Waals surface area contributed by atoms with Crippen molar-refractivity contribution in [2.24, 2.45) is 10.9 Å². The van der Waals surface area contributed by atoms with Crippen LogP contribution in [0, 0.1) is 5.92 Å². The van der Waals surface area contributed by atoms with E-state index in [0.717, 1.165) is 57.4 Å². The molecule has 7 heteroatoms. The molecule has 0 aliphatic carbocycles. The second kappa shape index (κ2) is 13.1. The van der Waals surface area contributed by atoms with E-state index in [1.165, 1.54) is 4.90 Å². The molecule has 1 aromatic heterocycles. The van der Waals surface area contributed by atoms with Gasteiger partial charge in [-0.1, -0.05) is 25.1 Å². The van der Waals surface area contributed by atoms with E-state index >= 15 is 0 Å². The second-order valence-corrected chi connectivity index (χ2v) is 8.31. The van der Waals surface area contributed by atoms with E-state index in [-0.39, 0.29) is 24.0 Å². The van der Waals surface area contributed by atoms with Gasteiger partial charge in [0.1, 0.15) is 5.76 Å². The fourth-order valence-corrected chi connectivity index (χ4v) is 3.84. The molecule has 1 aliphatic rings. The van der Waals surface area contributed by atoms with E-state index in [4.69, 9.17) is 14.1 Å². The standard InChI is InChI=1S/C21H29N3O2S.HI/c1-17(27-20-7-3-2-4-8-20)14-23-21(24-15-18-10-13-25-16-18)22-11-9-19-6-5-12-26-19;/h2-8,12,17-18H,9-11,13-16H2,1H3,(H2,22,23,24);1H. The minimum Gasteiger partial charge on any atom is -0.469 e. The van der Waals surface area contributed by atoms with Crippen molar-refractivity contribution in [2.75, 3.05) is 32.8 Å². The van der Waals surface area contributed by atoms with E-state index in [1.54, 1.807) is 6.26 Å². The SMILES string of the molecule is CC(CN=C(NCCc1ccco1)NCC1CCOC1)Sc1ccccc1.I. The summed E-state index contributed by atoms with van der Waals surface area (Å²) in [5, 5.41) is 7.32. The zero-order valence-corrected chi connectivity index (χ0v) is 19.5. The van der Waals surface area contributed by atoms with Crippen LogP contribution in [0.1, 0.15) is 19.1 Å². The molecule has 154 valence electrons. The summed E-state index contributed by atoms with van der Waals surface area (Å²) in [4.78, 5) is 6.08. The van der Waals surface area contributed by atoms with Gasteiger partial charge in [0.15, 0.2) is 5.96 Å². The molecule has 0 saturated carbocycles. The van der Waals surface area contributed by atoms with Crippen molar-refractivity contribution in [3.05, 3.63) is 54.5 Å². The number of thioether (sulfide) groups is 1. The molecule has 0 bridgehead atoms. The predicted octanol–water partition coefficient (Wildman–Crippen LogP) is 4.19. The van der Waals surface area contributed by atoms with E-state index in [1.807, 2.05) is 30.0 Å². The Morgan fingerprint density at radius 2 is 2.07 bits per heavy atom. The number of nitrogens with zero attached hydrogens (tertiary/aromatic N) is 1. The molecule has 0 spiro atoms. The summed E-state index contributed by atoms with van der Waals surface area (Å²) < 4.78 is 10.9. The third kappa shape index (κ3) is 8.45. The number of rotatable bonds is 9. The van der Waals surface area contributed by atoms with Crippen molar-refractivity contribution in [1.29, 1.82) is 0 Å². The normalized spacial score (nSPS) is 17.8. The average Bonchev–Trinajstić information content (AvgIpc) is 3.38. The first-order valence-corrected chi connectivity index (χ1v) is 10.5. The molecule has 2 atom stereocenters.